The molecule has 0 unspecified atom stereocenters. The summed E-state index contributed by atoms with van der Waals surface area (Å²) >= 11 is 0. The van der Waals surface area contributed by atoms with Crippen LogP contribution in [0.25, 0.3) is 0 Å². The Hall–Kier alpha value is -2.36. The smallest absolute Gasteiger partial charge is 0.335 e. The summed E-state index contributed by atoms with van der Waals surface area (Å²) in [5, 5.41) is 13.1. The highest BCUT2D eigenvalue weighted by molar-refractivity contribution is 5.88. The lowest BCUT2D eigenvalue weighted by atomic mass is 9.68. The van der Waals surface area contributed by atoms with E-state index in [2.05, 4.69) is 16.4 Å². The maximum atomic E-state index is 11.4. The number of fused-ring (bicyclic) bond motifs is 7. The zero-order valence-electron chi connectivity index (χ0n) is 13.4. The molecule has 2 heterocycles. The van der Waals surface area contributed by atoms with E-state index in [0.717, 1.165) is 11.6 Å². The van der Waals surface area contributed by atoms with Crippen LogP contribution in [0.4, 0.5) is 5.69 Å². The van der Waals surface area contributed by atoms with Gasteiger partial charge >= 0.3 is 5.97 Å². The average Bonchev–Trinajstić information content (AvgIpc) is 3.23. The Bertz CT molecular complexity index is 805. The molecule has 2 fully saturated rings. The van der Waals surface area contributed by atoms with Crippen LogP contribution in [0.5, 0.6) is 0 Å². The Balaban J connectivity index is 1.64. The molecule has 2 bridgehead atoms. The van der Waals surface area contributed by atoms with E-state index < -0.39 is 5.97 Å². The maximum Gasteiger partial charge on any atom is 0.335 e. The van der Waals surface area contributed by atoms with E-state index in [9.17, 15) is 9.90 Å². The van der Waals surface area contributed by atoms with Crippen LogP contribution in [0.3, 0.4) is 0 Å². The molecule has 5 rings (SSSR count). The highest BCUT2D eigenvalue weighted by Gasteiger charge is 2.53. The minimum atomic E-state index is -0.841. The second kappa shape index (κ2) is 5.07. The third-order valence-corrected chi connectivity index (χ3v) is 6.38. The van der Waals surface area contributed by atoms with Crippen LogP contribution in [0.15, 0.2) is 42.7 Å². The third kappa shape index (κ3) is 1.92. The van der Waals surface area contributed by atoms with Gasteiger partial charge < -0.3 is 10.4 Å². The number of aromatic nitrogens is 1. The van der Waals surface area contributed by atoms with Crippen LogP contribution in [-0.4, -0.2) is 16.1 Å². The van der Waals surface area contributed by atoms with Crippen LogP contribution in [0, 0.1) is 17.8 Å². The van der Waals surface area contributed by atoms with Crippen molar-refractivity contribution in [1.82, 2.24) is 4.98 Å². The molecule has 5 atom stereocenters. The van der Waals surface area contributed by atoms with Crippen molar-refractivity contribution >= 4 is 11.7 Å². The topological polar surface area (TPSA) is 62.2 Å². The Morgan fingerprint density at radius 2 is 2.08 bits per heavy atom. The number of hydrogen-bond acceptors (Lipinski definition) is 3. The van der Waals surface area contributed by atoms with Crippen LogP contribution in [0.1, 0.15) is 52.7 Å². The Labute approximate surface area is 140 Å². The molecule has 4 heteroatoms. The summed E-state index contributed by atoms with van der Waals surface area (Å²) in [6.07, 6.45) is 7.65. The first-order valence-corrected chi connectivity index (χ1v) is 8.76. The number of nitrogens with zero attached hydrogens (tertiary/aromatic N) is 1. The molecular weight excluding hydrogens is 300 g/mol. The summed E-state index contributed by atoms with van der Waals surface area (Å²) in [5.74, 6) is 1.62. The van der Waals surface area contributed by atoms with Gasteiger partial charge in [-0.25, -0.2) is 4.79 Å². The Kier molecular flexibility index (Phi) is 2.96. The van der Waals surface area contributed by atoms with Gasteiger partial charge in [0, 0.05) is 18.1 Å². The summed E-state index contributed by atoms with van der Waals surface area (Å²) in [5.41, 5.74) is 3.96. The SMILES string of the molecule is O=C(O)c1ccc2c(c1)[C@@H]1[C@H]3CC[C@@H](C3)[C@@H]1[C@H](c1cccnc1)N2. The number of nitrogens with one attached hydrogen (secondary N) is 1. The second-order valence-corrected chi connectivity index (χ2v) is 7.45. The van der Waals surface area contributed by atoms with Gasteiger partial charge in [0.25, 0.3) is 0 Å². The molecule has 0 saturated heterocycles. The van der Waals surface area contributed by atoms with Crippen molar-refractivity contribution in [2.24, 2.45) is 17.8 Å². The number of benzene rings is 1. The van der Waals surface area contributed by atoms with E-state index in [1.54, 1.807) is 6.07 Å². The van der Waals surface area contributed by atoms with Gasteiger partial charge in [-0.05, 0) is 78.3 Å². The number of carboxylic acids is 1. The number of pyridine rings is 1. The van der Waals surface area contributed by atoms with E-state index in [4.69, 9.17) is 0 Å². The van der Waals surface area contributed by atoms with Gasteiger partial charge in [-0.3, -0.25) is 4.98 Å². The summed E-state index contributed by atoms with van der Waals surface area (Å²) in [6.45, 7) is 0. The fraction of sp³-hybridized carbons (Fsp3) is 0.400. The fourth-order valence-corrected chi connectivity index (χ4v) is 5.51. The number of rotatable bonds is 2. The third-order valence-electron chi connectivity index (χ3n) is 6.38. The molecule has 4 nitrogen and oxygen atoms in total. The lowest BCUT2D eigenvalue weighted by molar-refractivity contribution is 0.0696. The van der Waals surface area contributed by atoms with Gasteiger partial charge in [0.2, 0.25) is 0 Å². The first-order chi connectivity index (χ1) is 11.7. The molecule has 2 aromatic rings. The van der Waals surface area contributed by atoms with Gasteiger partial charge in [-0.2, -0.15) is 0 Å². The van der Waals surface area contributed by atoms with Gasteiger partial charge in [-0.1, -0.05) is 6.07 Å². The molecule has 0 radical (unpaired) electrons. The fourth-order valence-electron chi connectivity index (χ4n) is 5.51. The van der Waals surface area contributed by atoms with Gasteiger partial charge in [-0.15, -0.1) is 0 Å². The highest BCUT2D eigenvalue weighted by atomic mass is 16.4. The van der Waals surface area contributed by atoms with E-state index >= 15 is 0 Å². The summed E-state index contributed by atoms with van der Waals surface area (Å²) < 4.78 is 0. The first-order valence-electron chi connectivity index (χ1n) is 8.76. The molecule has 1 aromatic carbocycles. The predicted molar refractivity (Wildman–Crippen MR) is 91.1 cm³/mol. The largest absolute Gasteiger partial charge is 0.478 e. The molecule has 1 aromatic heterocycles. The monoisotopic (exact) mass is 320 g/mol. The van der Waals surface area contributed by atoms with Crippen LogP contribution in [-0.2, 0) is 0 Å². The van der Waals surface area contributed by atoms with Crippen molar-refractivity contribution in [2.45, 2.75) is 31.2 Å². The highest BCUT2D eigenvalue weighted by Crippen LogP contribution is 2.63. The molecule has 0 amide bonds. The van der Waals surface area contributed by atoms with Crippen molar-refractivity contribution in [2.75, 3.05) is 5.32 Å². The van der Waals surface area contributed by atoms with Gasteiger partial charge in [0.05, 0.1) is 11.6 Å². The van der Waals surface area contributed by atoms with Crippen molar-refractivity contribution in [3.63, 3.8) is 0 Å². The molecule has 2 N–H and O–H groups in total. The van der Waals surface area contributed by atoms with E-state index in [0.29, 0.717) is 23.3 Å². The Morgan fingerprint density at radius 1 is 1.21 bits per heavy atom. The van der Waals surface area contributed by atoms with Gasteiger partial charge in [0.1, 0.15) is 0 Å². The van der Waals surface area contributed by atoms with Crippen molar-refractivity contribution in [3.05, 3.63) is 59.4 Å². The zero-order valence-corrected chi connectivity index (χ0v) is 13.4. The number of carboxylic acid groups (broad SMARTS) is 1. The summed E-state index contributed by atoms with van der Waals surface area (Å²) in [7, 11) is 0. The molecule has 0 spiro atoms. The quantitative estimate of drug-likeness (QED) is 0.875. The summed E-state index contributed by atoms with van der Waals surface area (Å²) in [4.78, 5) is 15.7. The molecule has 122 valence electrons. The minimum absolute atomic E-state index is 0.280. The summed E-state index contributed by atoms with van der Waals surface area (Å²) in [6, 6.07) is 10.0. The van der Waals surface area contributed by atoms with Crippen LogP contribution < -0.4 is 5.32 Å². The zero-order chi connectivity index (χ0) is 16.3. The van der Waals surface area contributed by atoms with Gasteiger partial charge in [0.15, 0.2) is 0 Å². The number of carbonyl (C=O) groups is 1. The molecule has 3 aliphatic rings. The van der Waals surface area contributed by atoms with Crippen LogP contribution in [0.2, 0.25) is 0 Å². The molecule has 2 aliphatic carbocycles. The van der Waals surface area contributed by atoms with Crippen molar-refractivity contribution in [3.8, 4) is 0 Å². The second-order valence-electron chi connectivity index (χ2n) is 7.45. The molecule has 24 heavy (non-hydrogen) atoms. The average molecular weight is 320 g/mol. The lowest BCUT2D eigenvalue weighted by Gasteiger charge is -2.43. The number of aromatic carboxylic acids is 1. The lowest BCUT2D eigenvalue weighted by Crippen LogP contribution is -2.35. The molecule has 2 saturated carbocycles. The number of anilines is 1. The first kappa shape index (κ1) is 14.0. The Morgan fingerprint density at radius 3 is 2.88 bits per heavy atom. The molecular formula is C20H20N2O2. The van der Waals surface area contributed by atoms with Crippen molar-refractivity contribution in [1.29, 1.82) is 0 Å². The minimum Gasteiger partial charge on any atom is -0.478 e. The van der Waals surface area contributed by atoms with E-state index in [1.165, 1.54) is 30.4 Å². The van der Waals surface area contributed by atoms with E-state index in [-0.39, 0.29) is 6.04 Å². The van der Waals surface area contributed by atoms with Crippen LogP contribution >= 0.6 is 0 Å². The maximum absolute atomic E-state index is 11.4. The molecule has 1 aliphatic heterocycles. The van der Waals surface area contributed by atoms with E-state index in [1.807, 2.05) is 30.6 Å². The standard InChI is InChI=1S/C20H20N2O2/c23-20(24)13-5-6-16-15(9-13)17-11-3-4-12(8-11)18(17)19(22-16)14-2-1-7-21-10-14/h1-2,5-7,9-12,17-19,22H,3-4,8H2,(H,23,24)/t11-,12-,17-,18-,19-/m0/s1. The van der Waals surface area contributed by atoms with Crippen molar-refractivity contribution < 1.29 is 9.90 Å². The predicted octanol–water partition coefficient (Wildman–Crippen LogP) is 4.08. The normalized spacial score (nSPS) is 32.8. The number of hydrogen-bond donors (Lipinski definition) is 2.